The minimum absolute atomic E-state index is 0.0336. The Morgan fingerprint density at radius 1 is 1.05 bits per heavy atom. The van der Waals surface area contributed by atoms with Crippen LogP contribution in [0, 0.1) is 5.82 Å². The SMILES string of the molecule is CC1(C)OB(c2cc(F)cc(C(=O)C(F)(F)F)c2)OC1(C)C. The Bertz CT molecular complexity index is 595. The normalized spacial score (nSPS) is 20.3. The molecule has 0 atom stereocenters. The van der Waals surface area contributed by atoms with Crippen molar-refractivity contribution < 1.29 is 31.7 Å². The second-order valence-electron chi connectivity index (χ2n) is 6.19. The molecule has 1 aliphatic heterocycles. The number of ketones is 1. The van der Waals surface area contributed by atoms with Crippen LogP contribution in [0.3, 0.4) is 0 Å². The Balaban J connectivity index is 2.39. The van der Waals surface area contributed by atoms with Crippen molar-refractivity contribution in [2.24, 2.45) is 0 Å². The molecule has 3 nitrogen and oxygen atoms in total. The Labute approximate surface area is 125 Å². The third-order valence-electron chi connectivity index (χ3n) is 3.97. The highest BCUT2D eigenvalue weighted by molar-refractivity contribution is 6.62. The van der Waals surface area contributed by atoms with E-state index in [-0.39, 0.29) is 5.46 Å². The number of halogens is 4. The fourth-order valence-electron chi connectivity index (χ4n) is 2.02. The van der Waals surface area contributed by atoms with Crippen LogP contribution in [0.4, 0.5) is 17.6 Å². The number of Topliss-reactive ketones (excluding diaryl/α,β-unsaturated/α-hetero) is 1. The fourth-order valence-corrected chi connectivity index (χ4v) is 2.02. The Morgan fingerprint density at radius 2 is 1.55 bits per heavy atom. The minimum atomic E-state index is -5.07. The Hall–Kier alpha value is -1.41. The van der Waals surface area contributed by atoms with Crippen LogP contribution in [-0.4, -0.2) is 30.3 Å². The van der Waals surface area contributed by atoms with Gasteiger partial charge in [0.25, 0.3) is 5.78 Å². The van der Waals surface area contributed by atoms with Crippen LogP contribution in [-0.2, 0) is 9.31 Å². The molecule has 1 aliphatic rings. The summed E-state index contributed by atoms with van der Waals surface area (Å²) < 4.78 is 62.3. The van der Waals surface area contributed by atoms with Crippen molar-refractivity contribution in [1.29, 1.82) is 0 Å². The third kappa shape index (κ3) is 3.03. The number of rotatable bonds is 2. The predicted octanol–water partition coefficient (Wildman–Crippen LogP) is 2.87. The van der Waals surface area contributed by atoms with Gasteiger partial charge in [-0.05, 0) is 45.3 Å². The van der Waals surface area contributed by atoms with Crippen LogP contribution in [0.25, 0.3) is 0 Å². The molecule has 1 aromatic rings. The summed E-state index contributed by atoms with van der Waals surface area (Å²) in [6.45, 7) is 7.03. The van der Waals surface area contributed by atoms with Crippen molar-refractivity contribution in [3.63, 3.8) is 0 Å². The Kier molecular flexibility index (Phi) is 3.90. The van der Waals surface area contributed by atoms with Crippen molar-refractivity contribution >= 4 is 18.4 Å². The average molecular weight is 318 g/mol. The summed E-state index contributed by atoms with van der Waals surface area (Å²) in [5, 5.41) is 0. The quantitative estimate of drug-likeness (QED) is 0.478. The van der Waals surface area contributed by atoms with Crippen LogP contribution in [0.1, 0.15) is 38.1 Å². The standard InChI is InChI=1S/C14H15BF4O3/c1-12(2)13(3,4)22-15(21-12)9-5-8(6-10(16)7-9)11(20)14(17,18)19/h5-7H,1-4H3. The maximum absolute atomic E-state index is 13.6. The molecule has 1 aromatic carbocycles. The second-order valence-corrected chi connectivity index (χ2v) is 6.19. The lowest BCUT2D eigenvalue weighted by molar-refractivity contribution is -0.0885. The number of hydrogen-bond donors (Lipinski definition) is 0. The molecule has 22 heavy (non-hydrogen) atoms. The molecule has 0 unspecified atom stereocenters. The lowest BCUT2D eigenvalue weighted by Gasteiger charge is -2.32. The number of hydrogen-bond acceptors (Lipinski definition) is 3. The zero-order valence-corrected chi connectivity index (χ0v) is 12.5. The van der Waals surface area contributed by atoms with Crippen molar-refractivity contribution in [2.75, 3.05) is 0 Å². The van der Waals surface area contributed by atoms with E-state index >= 15 is 0 Å². The first kappa shape index (κ1) is 17.0. The monoisotopic (exact) mass is 318 g/mol. The van der Waals surface area contributed by atoms with Gasteiger partial charge < -0.3 is 9.31 Å². The lowest BCUT2D eigenvalue weighted by Crippen LogP contribution is -2.41. The van der Waals surface area contributed by atoms with Crippen molar-refractivity contribution in [3.8, 4) is 0 Å². The first-order valence-corrected chi connectivity index (χ1v) is 6.61. The van der Waals surface area contributed by atoms with Crippen LogP contribution >= 0.6 is 0 Å². The molecule has 0 radical (unpaired) electrons. The molecule has 0 aromatic heterocycles. The number of alkyl halides is 3. The summed E-state index contributed by atoms with van der Waals surface area (Å²) in [5.41, 5.74) is -2.19. The van der Waals surface area contributed by atoms with E-state index < -0.39 is 41.7 Å². The molecule has 120 valence electrons. The zero-order chi connectivity index (χ0) is 16.9. The highest BCUT2D eigenvalue weighted by Gasteiger charge is 2.52. The van der Waals surface area contributed by atoms with Gasteiger partial charge in [0.05, 0.1) is 11.2 Å². The first-order chi connectivity index (χ1) is 9.83. The van der Waals surface area contributed by atoms with Crippen molar-refractivity contribution in [1.82, 2.24) is 0 Å². The molecule has 1 fully saturated rings. The lowest BCUT2D eigenvalue weighted by atomic mass is 9.78. The van der Waals surface area contributed by atoms with Crippen molar-refractivity contribution in [3.05, 3.63) is 29.6 Å². The maximum atomic E-state index is 13.6. The third-order valence-corrected chi connectivity index (χ3v) is 3.97. The minimum Gasteiger partial charge on any atom is -0.399 e. The van der Waals surface area contributed by atoms with E-state index in [2.05, 4.69) is 0 Å². The van der Waals surface area contributed by atoms with Gasteiger partial charge in [0.1, 0.15) is 5.82 Å². The predicted molar refractivity (Wildman–Crippen MR) is 72.5 cm³/mol. The highest BCUT2D eigenvalue weighted by Crippen LogP contribution is 2.36. The molecular weight excluding hydrogens is 303 g/mol. The van der Waals surface area contributed by atoms with E-state index in [4.69, 9.17) is 9.31 Å². The van der Waals surface area contributed by atoms with Gasteiger partial charge >= 0.3 is 13.3 Å². The zero-order valence-electron chi connectivity index (χ0n) is 12.5. The molecule has 0 aliphatic carbocycles. The van der Waals surface area contributed by atoms with Crippen LogP contribution in [0.15, 0.2) is 18.2 Å². The summed E-state index contributed by atoms with van der Waals surface area (Å²) in [7, 11) is -1.04. The van der Waals surface area contributed by atoms with E-state index in [0.29, 0.717) is 6.07 Å². The summed E-state index contributed by atoms with van der Waals surface area (Å²) in [4.78, 5) is 11.3. The highest BCUT2D eigenvalue weighted by atomic mass is 19.4. The summed E-state index contributed by atoms with van der Waals surface area (Å²) in [6.07, 6.45) is -5.07. The fraction of sp³-hybridized carbons (Fsp3) is 0.500. The summed E-state index contributed by atoms with van der Waals surface area (Å²) >= 11 is 0. The van der Waals surface area contributed by atoms with E-state index in [1.807, 2.05) is 0 Å². The molecule has 0 bridgehead atoms. The molecule has 0 N–H and O–H groups in total. The van der Waals surface area contributed by atoms with Gasteiger partial charge in [0, 0.05) is 5.56 Å². The largest absolute Gasteiger partial charge is 0.494 e. The van der Waals surface area contributed by atoms with Crippen LogP contribution < -0.4 is 5.46 Å². The van der Waals surface area contributed by atoms with Gasteiger partial charge in [0.15, 0.2) is 0 Å². The second kappa shape index (κ2) is 5.06. The molecular formula is C14H15BF4O3. The molecule has 1 saturated heterocycles. The number of benzene rings is 1. The van der Waals surface area contributed by atoms with Crippen molar-refractivity contribution in [2.45, 2.75) is 45.1 Å². The molecule has 2 rings (SSSR count). The average Bonchev–Trinajstić information content (AvgIpc) is 2.55. The van der Waals surface area contributed by atoms with Gasteiger partial charge in [-0.2, -0.15) is 13.2 Å². The van der Waals surface area contributed by atoms with E-state index in [0.717, 1.165) is 12.1 Å². The van der Waals surface area contributed by atoms with Gasteiger partial charge in [-0.15, -0.1) is 0 Å². The molecule has 0 spiro atoms. The van der Waals surface area contributed by atoms with E-state index in [9.17, 15) is 22.4 Å². The first-order valence-electron chi connectivity index (χ1n) is 6.61. The Morgan fingerprint density at radius 3 is 2.00 bits per heavy atom. The summed E-state index contributed by atoms with van der Waals surface area (Å²) in [5.74, 6) is -3.07. The van der Waals surface area contributed by atoms with Crippen LogP contribution in [0.2, 0.25) is 0 Å². The van der Waals surface area contributed by atoms with Gasteiger partial charge in [-0.3, -0.25) is 4.79 Å². The van der Waals surface area contributed by atoms with Gasteiger partial charge in [0.2, 0.25) is 0 Å². The molecule has 8 heteroatoms. The topological polar surface area (TPSA) is 35.5 Å². The summed E-state index contributed by atoms with van der Waals surface area (Å²) in [6, 6.07) is 2.49. The van der Waals surface area contributed by atoms with Crippen LogP contribution in [0.5, 0.6) is 0 Å². The van der Waals surface area contributed by atoms with E-state index in [1.54, 1.807) is 27.7 Å². The number of carbonyl (C=O) groups is 1. The van der Waals surface area contributed by atoms with Gasteiger partial charge in [-0.25, -0.2) is 4.39 Å². The molecule has 1 heterocycles. The molecule has 0 saturated carbocycles. The number of carbonyl (C=O) groups excluding carboxylic acids is 1. The smallest absolute Gasteiger partial charge is 0.399 e. The van der Waals surface area contributed by atoms with E-state index in [1.165, 1.54) is 0 Å². The maximum Gasteiger partial charge on any atom is 0.494 e. The van der Waals surface area contributed by atoms with Gasteiger partial charge in [-0.1, -0.05) is 6.07 Å². The molecule has 0 amide bonds.